The fraction of sp³-hybridized carbons (Fsp3) is 0.273. The van der Waals surface area contributed by atoms with E-state index in [2.05, 4.69) is 21.2 Å². The third-order valence-corrected chi connectivity index (χ3v) is 2.65. The topological polar surface area (TPSA) is 72.2 Å². The van der Waals surface area contributed by atoms with Crippen LogP contribution in [0.3, 0.4) is 0 Å². The van der Waals surface area contributed by atoms with E-state index in [1.54, 1.807) is 25.1 Å². The van der Waals surface area contributed by atoms with E-state index < -0.39 is 6.04 Å². The smallest absolute Gasteiger partial charge is 0.221 e. The zero-order valence-electron chi connectivity index (χ0n) is 9.08. The second kappa shape index (κ2) is 5.23. The first kappa shape index (κ1) is 12.9. The van der Waals surface area contributed by atoms with Gasteiger partial charge in [-0.1, -0.05) is 6.07 Å². The molecule has 16 heavy (non-hydrogen) atoms. The Morgan fingerprint density at radius 3 is 2.56 bits per heavy atom. The molecular weight excluding hydrogens is 272 g/mol. The lowest BCUT2D eigenvalue weighted by atomic mass is 10.0. The number of benzene rings is 1. The summed E-state index contributed by atoms with van der Waals surface area (Å²) in [5.74, 6) is -0.435. The molecule has 0 fully saturated rings. The third kappa shape index (κ3) is 2.90. The lowest BCUT2D eigenvalue weighted by Crippen LogP contribution is -2.27. The van der Waals surface area contributed by atoms with Gasteiger partial charge in [0.15, 0.2) is 5.78 Å². The minimum absolute atomic E-state index is 0.204. The van der Waals surface area contributed by atoms with Crippen LogP contribution in [0.2, 0.25) is 0 Å². The minimum Gasteiger partial charge on any atom is -0.325 e. The standard InChI is InChI=1S/C11H13BrN2O2/c1-6(13)11(16)8-4-3-5-9(12)10(8)14-7(2)15/h3-6H,13H2,1-2H3,(H,14,15). The summed E-state index contributed by atoms with van der Waals surface area (Å²) in [7, 11) is 0. The Morgan fingerprint density at radius 1 is 1.44 bits per heavy atom. The van der Waals surface area contributed by atoms with Gasteiger partial charge in [0, 0.05) is 17.0 Å². The first-order valence-electron chi connectivity index (χ1n) is 4.79. The lowest BCUT2D eigenvalue weighted by molar-refractivity contribution is -0.114. The number of nitrogens with one attached hydrogen (secondary N) is 1. The highest BCUT2D eigenvalue weighted by Gasteiger charge is 2.17. The van der Waals surface area contributed by atoms with Crippen molar-refractivity contribution >= 4 is 33.3 Å². The molecule has 1 atom stereocenters. The van der Waals surface area contributed by atoms with Gasteiger partial charge in [0.05, 0.1) is 11.7 Å². The molecule has 86 valence electrons. The highest BCUT2D eigenvalue weighted by Crippen LogP contribution is 2.27. The number of anilines is 1. The predicted molar refractivity (Wildman–Crippen MR) is 66.4 cm³/mol. The van der Waals surface area contributed by atoms with E-state index in [-0.39, 0.29) is 11.7 Å². The SMILES string of the molecule is CC(=O)Nc1c(Br)cccc1C(=O)C(C)N. The lowest BCUT2D eigenvalue weighted by Gasteiger charge is -2.12. The second-order valence-electron chi connectivity index (χ2n) is 3.50. The van der Waals surface area contributed by atoms with Crippen LogP contribution in [-0.4, -0.2) is 17.7 Å². The summed E-state index contributed by atoms with van der Waals surface area (Å²) < 4.78 is 0.661. The van der Waals surface area contributed by atoms with Crippen LogP contribution >= 0.6 is 15.9 Å². The van der Waals surface area contributed by atoms with Gasteiger partial charge in [-0.15, -0.1) is 0 Å². The predicted octanol–water partition coefficient (Wildman–Crippen LogP) is 1.94. The number of amides is 1. The summed E-state index contributed by atoms with van der Waals surface area (Å²) in [4.78, 5) is 22.8. The Bertz CT molecular complexity index is 430. The second-order valence-corrected chi connectivity index (χ2v) is 4.35. The van der Waals surface area contributed by atoms with Crippen molar-refractivity contribution in [1.29, 1.82) is 0 Å². The van der Waals surface area contributed by atoms with Crippen molar-refractivity contribution in [1.82, 2.24) is 0 Å². The normalized spacial score (nSPS) is 12.0. The van der Waals surface area contributed by atoms with Crippen LogP contribution in [-0.2, 0) is 4.79 Å². The molecule has 0 spiro atoms. The first-order chi connectivity index (χ1) is 7.43. The number of hydrogen-bond acceptors (Lipinski definition) is 3. The van der Waals surface area contributed by atoms with Crippen molar-refractivity contribution in [2.75, 3.05) is 5.32 Å². The van der Waals surface area contributed by atoms with E-state index in [0.717, 1.165) is 0 Å². The molecule has 0 saturated carbocycles. The van der Waals surface area contributed by atoms with Gasteiger partial charge < -0.3 is 11.1 Å². The molecule has 0 bridgehead atoms. The maximum absolute atomic E-state index is 11.8. The maximum Gasteiger partial charge on any atom is 0.221 e. The Morgan fingerprint density at radius 2 is 2.06 bits per heavy atom. The number of halogens is 1. The van der Waals surface area contributed by atoms with Crippen LogP contribution in [0.25, 0.3) is 0 Å². The van der Waals surface area contributed by atoms with Crippen molar-refractivity contribution < 1.29 is 9.59 Å². The molecule has 0 aromatic heterocycles. The molecule has 1 aromatic rings. The summed E-state index contributed by atoms with van der Waals surface area (Å²) in [6.07, 6.45) is 0. The zero-order valence-corrected chi connectivity index (χ0v) is 10.7. The van der Waals surface area contributed by atoms with Gasteiger partial charge in [-0.05, 0) is 35.0 Å². The Labute approximate surface area is 102 Å². The molecule has 3 N–H and O–H groups in total. The van der Waals surface area contributed by atoms with Crippen LogP contribution < -0.4 is 11.1 Å². The summed E-state index contributed by atoms with van der Waals surface area (Å²) >= 11 is 3.29. The highest BCUT2D eigenvalue weighted by atomic mass is 79.9. The maximum atomic E-state index is 11.8. The number of hydrogen-bond donors (Lipinski definition) is 2. The monoisotopic (exact) mass is 284 g/mol. The molecule has 0 radical (unpaired) electrons. The van der Waals surface area contributed by atoms with Crippen LogP contribution in [0.5, 0.6) is 0 Å². The number of para-hydroxylation sites is 1. The molecule has 0 heterocycles. The van der Waals surface area contributed by atoms with Crippen molar-refractivity contribution in [2.45, 2.75) is 19.9 Å². The Hall–Kier alpha value is -1.20. The molecule has 1 rings (SSSR count). The fourth-order valence-electron chi connectivity index (χ4n) is 1.28. The average Bonchev–Trinajstić information content (AvgIpc) is 2.19. The van der Waals surface area contributed by atoms with Gasteiger partial charge in [0.25, 0.3) is 0 Å². The van der Waals surface area contributed by atoms with E-state index in [4.69, 9.17) is 5.73 Å². The van der Waals surface area contributed by atoms with E-state index in [0.29, 0.717) is 15.7 Å². The van der Waals surface area contributed by atoms with Gasteiger partial charge in [0.2, 0.25) is 5.91 Å². The number of ketones is 1. The largest absolute Gasteiger partial charge is 0.325 e. The number of rotatable bonds is 3. The first-order valence-corrected chi connectivity index (χ1v) is 5.58. The average molecular weight is 285 g/mol. The van der Waals surface area contributed by atoms with Crippen LogP contribution in [0.15, 0.2) is 22.7 Å². The van der Waals surface area contributed by atoms with Crippen LogP contribution in [0.4, 0.5) is 5.69 Å². The number of Topliss-reactive ketones (excluding diaryl/α,β-unsaturated/α-hetero) is 1. The van der Waals surface area contributed by atoms with Crippen LogP contribution in [0.1, 0.15) is 24.2 Å². The van der Waals surface area contributed by atoms with Crippen molar-refractivity contribution in [3.8, 4) is 0 Å². The van der Waals surface area contributed by atoms with Crippen LogP contribution in [0, 0.1) is 0 Å². The van der Waals surface area contributed by atoms with E-state index in [1.807, 2.05) is 0 Å². The number of carbonyl (C=O) groups excluding carboxylic acids is 2. The van der Waals surface area contributed by atoms with Crippen molar-refractivity contribution in [3.05, 3.63) is 28.2 Å². The van der Waals surface area contributed by atoms with E-state index in [9.17, 15) is 9.59 Å². The fourth-order valence-corrected chi connectivity index (χ4v) is 1.74. The van der Waals surface area contributed by atoms with Gasteiger partial charge in [0.1, 0.15) is 0 Å². The molecule has 0 aliphatic heterocycles. The molecule has 0 aliphatic rings. The minimum atomic E-state index is -0.596. The number of nitrogens with two attached hydrogens (primary N) is 1. The molecular formula is C11H13BrN2O2. The molecule has 4 nitrogen and oxygen atoms in total. The molecule has 1 amide bonds. The molecule has 5 heteroatoms. The zero-order chi connectivity index (χ0) is 12.3. The van der Waals surface area contributed by atoms with Crippen molar-refractivity contribution in [3.63, 3.8) is 0 Å². The van der Waals surface area contributed by atoms with E-state index in [1.165, 1.54) is 6.92 Å². The third-order valence-electron chi connectivity index (χ3n) is 1.99. The van der Waals surface area contributed by atoms with Gasteiger partial charge in [-0.2, -0.15) is 0 Å². The summed E-state index contributed by atoms with van der Waals surface area (Å²) in [5, 5.41) is 2.62. The van der Waals surface area contributed by atoms with Crippen molar-refractivity contribution in [2.24, 2.45) is 5.73 Å². The summed E-state index contributed by atoms with van der Waals surface area (Å²) in [5.41, 5.74) is 6.43. The molecule has 0 aliphatic carbocycles. The highest BCUT2D eigenvalue weighted by molar-refractivity contribution is 9.10. The quantitative estimate of drug-likeness (QED) is 0.834. The van der Waals surface area contributed by atoms with Gasteiger partial charge >= 0.3 is 0 Å². The summed E-state index contributed by atoms with van der Waals surface area (Å²) in [6, 6.07) is 4.53. The van der Waals surface area contributed by atoms with Gasteiger partial charge in [-0.3, -0.25) is 9.59 Å². The molecule has 1 aromatic carbocycles. The number of carbonyl (C=O) groups is 2. The summed E-state index contributed by atoms with van der Waals surface area (Å²) in [6.45, 7) is 3.00. The molecule has 1 unspecified atom stereocenters. The van der Waals surface area contributed by atoms with Gasteiger partial charge in [-0.25, -0.2) is 0 Å². The Balaban J connectivity index is 3.22. The Kier molecular flexibility index (Phi) is 4.20. The van der Waals surface area contributed by atoms with E-state index >= 15 is 0 Å². The molecule has 0 saturated heterocycles.